The highest BCUT2D eigenvalue weighted by atomic mass is 32.1. The summed E-state index contributed by atoms with van der Waals surface area (Å²) >= 11 is 1.74. The van der Waals surface area contributed by atoms with Gasteiger partial charge in [0.25, 0.3) is 0 Å². The monoisotopic (exact) mass is 293 g/mol. The van der Waals surface area contributed by atoms with E-state index in [4.69, 9.17) is 4.98 Å². The number of aryl methyl sites for hydroxylation is 1. The van der Waals surface area contributed by atoms with Crippen LogP contribution in [0.1, 0.15) is 10.4 Å². The van der Waals surface area contributed by atoms with Crippen molar-refractivity contribution < 1.29 is 0 Å². The number of fused-ring (bicyclic) bond motifs is 1. The van der Waals surface area contributed by atoms with Crippen molar-refractivity contribution in [2.24, 2.45) is 0 Å². The zero-order valence-electron chi connectivity index (χ0n) is 11.8. The first-order chi connectivity index (χ1) is 10.3. The van der Waals surface area contributed by atoms with E-state index in [0.717, 1.165) is 29.2 Å². The molecule has 4 heteroatoms. The number of nitrogens with one attached hydrogen (secondary N) is 1. The van der Waals surface area contributed by atoms with Crippen molar-refractivity contribution in [2.75, 3.05) is 11.9 Å². The molecule has 1 aliphatic rings. The van der Waals surface area contributed by atoms with Gasteiger partial charge in [-0.05, 0) is 43.2 Å². The summed E-state index contributed by atoms with van der Waals surface area (Å²) in [5.41, 5.74) is 6.10. The Balaban J connectivity index is 1.78. The van der Waals surface area contributed by atoms with Crippen LogP contribution in [0.2, 0.25) is 0 Å². The molecule has 4 rings (SSSR count). The van der Waals surface area contributed by atoms with Crippen molar-refractivity contribution in [1.82, 2.24) is 9.97 Å². The Morgan fingerprint density at radius 1 is 1.10 bits per heavy atom. The minimum Gasteiger partial charge on any atom is -0.384 e. The molecular formula is C17H15N3S. The van der Waals surface area contributed by atoms with Crippen LogP contribution in [0.4, 0.5) is 5.69 Å². The minimum absolute atomic E-state index is 1.04. The first kappa shape index (κ1) is 12.5. The lowest BCUT2D eigenvalue weighted by Crippen LogP contribution is -1.90. The Bertz CT molecular complexity index is 793. The highest BCUT2D eigenvalue weighted by molar-refractivity contribution is 7.15. The summed E-state index contributed by atoms with van der Waals surface area (Å²) in [6.07, 6.45) is 4.73. The Hall–Kier alpha value is -2.20. The third kappa shape index (κ3) is 2.21. The summed E-state index contributed by atoms with van der Waals surface area (Å²) in [5.74, 6) is 0. The van der Waals surface area contributed by atoms with Gasteiger partial charge in [-0.25, -0.2) is 4.98 Å². The quantitative estimate of drug-likeness (QED) is 0.771. The number of benzene rings is 1. The Labute approximate surface area is 127 Å². The van der Waals surface area contributed by atoms with Gasteiger partial charge in [0, 0.05) is 40.6 Å². The Morgan fingerprint density at radius 2 is 1.95 bits per heavy atom. The third-order valence-electron chi connectivity index (χ3n) is 3.81. The molecule has 0 spiro atoms. The number of thiazole rings is 1. The van der Waals surface area contributed by atoms with Crippen LogP contribution in [0.25, 0.3) is 21.8 Å². The van der Waals surface area contributed by atoms with Crippen LogP contribution in [-0.2, 0) is 6.42 Å². The van der Waals surface area contributed by atoms with Gasteiger partial charge in [0.15, 0.2) is 0 Å². The molecule has 1 aliphatic heterocycles. The minimum atomic E-state index is 1.04. The van der Waals surface area contributed by atoms with Gasteiger partial charge in [-0.2, -0.15) is 0 Å². The smallest absolute Gasteiger partial charge is 0.124 e. The van der Waals surface area contributed by atoms with E-state index in [9.17, 15) is 0 Å². The van der Waals surface area contributed by atoms with Gasteiger partial charge in [0.05, 0.1) is 5.69 Å². The van der Waals surface area contributed by atoms with Gasteiger partial charge in [-0.15, -0.1) is 11.3 Å². The van der Waals surface area contributed by atoms with Gasteiger partial charge in [0.1, 0.15) is 5.01 Å². The van der Waals surface area contributed by atoms with E-state index < -0.39 is 0 Å². The molecule has 3 nitrogen and oxygen atoms in total. The van der Waals surface area contributed by atoms with Crippen LogP contribution >= 0.6 is 11.3 Å². The normalized spacial score (nSPS) is 13.0. The van der Waals surface area contributed by atoms with E-state index in [-0.39, 0.29) is 0 Å². The van der Waals surface area contributed by atoms with Crippen molar-refractivity contribution in [3.05, 3.63) is 53.2 Å². The summed E-state index contributed by atoms with van der Waals surface area (Å²) in [5, 5.41) is 4.46. The number of anilines is 1. The van der Waals surface area contributed by atoms with Crippen LogP contribution in [0, 0.1) is 6.92 Å². The molecule has 0 aliphatic carbocycles. The van der Waals surface area contributed by atoms with E-state index >= 15 is 0 Å². The largest absolute Gasteiger partial charge is 0.384 e. The molecule has 3 aromatic rings. The Morgan fingerprint density at radius 3 is 2.81 bits per heavy atom. The first-order valence-electron chi connectivity index (χ1n) is 7.06. The molecule has 0 bridgehead atoms. The maximum Gasteiger partial charge on any atom is 0.124 e. The van der Waals surface area contributed by atoms with Crippen molar-refractivity contribution in [3.8, 4) is 21.8 Å². The molecule has 0 saturated carbocycles. The lowest BCUT2D eigenvalue weighted by atomic mass is 10.1. The second-order valence-corrected chi connectivity index (χ2v) is 6.41. The number of pyridine rings is 1. The highest BCUT2D eigenvalue weighted by Gasteiger charge is 2.15. The summed E-state index contributed by atoms with van der Waals surface area (Å²) in [4.78, 5) is 10.2. The van der Waals surface area contributed by atoms with Gasteiger partial charge in [-0.1, -0.05) is 6.07 Å². The standard InChI is InChI=1S/C17H15N3S/c1-11-16(14-2-3-15-13(10-14)6-9-19-15)20-17(21-11)12-4-7-18-8-5-12/h2-5,7-8,10,19H,6,9H2,1H3. The van der Waals surface area contributed by atoms with Crippen molar-refractivity contribution in [2.45, 2.75) is 13.3 Å². The molecule has 1 N–H and O–H groups in total. The molecule has 0 amide bonds. The SMILES string of the molecule is Cc1sc(-c2ccncc2)nc1-c1ccc2c(c1)CCN2. The molecule has 0 saturated heterocycles. The zero-order chi connectivity index (χ0) is 14.2. The Kier molecular flexibility index (Phi) is 2.97. The van der Waals surface area contributed by atoms with E-state index in [1.54, 1.807) is 11.3 Å². The summed E-state index contributed by atoms with van der Waals surface area (Å²) in [6, 6.07) is 10.6. The maximum absolute atomic E-state index is 4.85. The van der Waals surface area contributed by atoms with Gasteiger partial charge >= 0.3 is 0 Å². The predicted molar refractivity (Wildman–Crippen MR) is 87.7 cm³/mol. The lowest BCUT2D eigenvalue weighted by Gasteiger charge is -2.03. The molecule has 0 fully saturated rings. The molecule has 0 unspecified atom stereocenters. The molecule has 0 atom stereocenters. The van der Waals surface area contributed by atoms with E-state index in [1.807, 2.05) is 24.5 Å². The van der Waals surface area contributed by atoms with E-state index in [1.165, 1.54) is 21.7 Å². The number of hydrogen-bond donors (Lipinski definition) is 1. The summed E-state index contributed by atoms with van der Waals surface area (Å²) in [7, 11) is 0. The second-order valence-electron chi connectivity index (χ2n) is 5.21. The van der Waals surface area contributed by atoms with Crippen LogP contribution in [0.15, 0.2) is 42.7 Å². The summed E-state index contributed by atoms with van der Waals surface area (Å²) < 4.78 is 0. The lowest BCUT2D eigenvalue weighted by molar-refractivity contribution is 1.11. The molecule has 3 heterocycles. The molecule has 2 aromatic heterocycles. The number of aromatic nitrogens is 2. The van der Waals surface area contributed by atoms with Gasteiger partial charge < -0.3 is 5.32 Å². The third-order valence-corrected chi connectivity index (χ3v) is 4.83. The second kappa shape index (κ2) is 4.97. The van der Waals surface area contributed by atoms with Crippen LogP contribution in [0.5, 0.6) is 0 Å². The topological polar surface area (TPSA) is 37.8 Å². The molecule has 1 aromatic carbocycles. The first-order valence-corrected chi connectivity index (χ1v) is 7.88. The van der Waals surface area contributed by atoms with Gasteiger partial charge in [-0.3, -0.25) is 4.98 Å². The molecule has 0 radical (unpaired) electrons. The fraction of sp³-hybridized carbons (Fsp3) is 0.176. The molecule has 104 valence electrons. The fourth-order valence-electron chi connectivity index (χ4n) is 2.73. The number of nitrogens with zero attached hydrogens (tertiary/aromatic N) is 2. The average Bonchev–Trinajstić information content (AvgIpc) is 3.13. The van der Waals surface area contributed by atoms with Crippen LogP contribution in [-0.4, -0.2) is 16.5 Å². The van der Waals surface area contributed by atoms with Crippen molar-refractivity contribution >= 4 is 17.0 Å². The summed E-state index contributed by atoms with van der Waals surface area (Å²) in [6.45, 7) is 3.18. The fourth-order valence-corrected chi connectivity index (χ4v) is 3.68. The predicted octanol–water partition coefficient (Wildman–Crippen LogP) is 4.15. The number of rotatable bonds is 2. The number of hydrogen-bond acceptors (Lipinski definition) is 4. The molecular weight excluding hydrogens is 278 g/mol. The van der Waals surface area contributed by atoms with E-state index in [2.05, 4.69) is 35.4 Å². The van der Waals surface area contributed by atoms with Crippen LogP contribution < -0.4 is 5.32 Å². The maximum atomic E-state index is 4.85. The van der Waals surface area contributed by atoms with Crippen molar-refractivity contribution in [1.29, 1.82) is 0 Å². The van der Waals surface area contributed by atoms with E-state index in [0.29, 0.717) is 0 Å². The highest BCUT2D eigenvalue weighted by Crippen LogP contribution is 2.35. The van der Waals surface area contributed by atoms with Gasteiger partial charge in [0.2, 0.25) is 0 Å². The van der Waals surface area contributed by atoms with Crippen molar-refractivity contribution in [3.63, 3.8) is 0 Å². The zero-order valence-corrected chi connectivity index (χ0v) is 12.6. The molecule has 21 heavy (non-hydrogen) atoms. The average molecular weight is 293 g/mol. The van der Waals surface area contributed by atoms with Crippen LogP contribution in [0.3, 0.4) is 0 Å².